The quantitative estimate of drug-likeness (QED) is 0.813. The predicted octanol–water partition coefficient (Wildman–Crippen LogP) is 1.55. The standard InChI is InChI=1S/C11H13NO3/c1-7(2)10(13)5-8-3-4-12-6-9(8)11(14)15/h3-4,6-7H,5H2,1-2H3,(H,14,15). The van der Waals surface area contributed by atoms with E-state index in [0.717, 1.165) is 0 Å². The molecule has 80 valence electrons. The van der Waals surface area contributed by atoms with E-state index in [2.05, 4.69) is 4.98 Å². The van der Waals surface area contributed by atoms with Gasteiger partial charge in [0, 0.05) is 24.7 Å². The number of ketones is 1. The van der Waals surface area contributed by atoms with Crippen LogP contribution in [0.25, 0.3) is 0 Å². The molecule has 0 aliphatic heterocycles. The van der Waals surface area contributed by atoms with Crippen molar-refractivity contribution in [3.8, 4) is 0 Å². The fourth-order valence-corrected chi connectivity index (χ4v) is 1.16. The van der Waals surface area contributed by atoms with Gasteiger partial charge in [-0.15, -0.1) is 0 Å². The third kappa shape index (κ3) is 2.87. The number of Topliss-reactive ketones (excluding diaryl/α,β-unsaturated/α-hetero) is 1. The molecule has 0 aliphatic carbocycles. The summed E-state index contributed by atoms with van der Waals surface area (Å²) < 4.78 is 0. The van der Waals surface area contributed by atoms with Crippen molar-refractivity contribution in [2.45, 2.75) is 20.3 Å². The number of pyridine rings is 1. The zero-order chi connectivity index (χ0) is 11.4. The van der Waals surface area contributed by atoms with Crippen LogP contribution in [-0.2, 0) is 11.2 Å². The molecule has 0 unspecified atom stereocenters. The first-order chi connectivity index (χ1) is 7.02. The van der Waals surface area contributed by atoms with Crippen molar-refractivity contribution in [2.24, 2.45) is 5.92 Å². The van der Waals surface area contributed by atoms with Crippen LogP contribution in [0.2, 0.25) is 0 Å². The highest BCUT2D eigenvalue weighted by atomic mass is 16.4. The second-order valence-corrected chi connectivity index (χ2v) is 3.64. The van der Waals surface area contributed by atoms with Crippen LogP contribution in [0.4, 0.5) is 0 Å². The predicted molar refractivity (Wildman–Crippen MR) is 54.7 cm³/mol. The summed E-state index contributed by atoms with van der Waals surface area (Å²) >= 11 is 0. The second kappa shape index (κ2) is 4.68. The van der Waals surface area contributed by atoms with Crippen molar-refractivity contribution in [1.29, 1.82) is 0 Å². The summed E-state index contributed by atoms with van der Waals surface area (Å²) in [4.78, 5) is 26.0. The lowest BCUT2D eigenvalue weighted by atomic mass is 9.99. The van der Waals surface area contributed by atoms with Gasteiger partial charge in [0.2, 0.25) is 0 Å². The first-order valence-corrected chi connectivity index (χ1v) is 4.71. The van der Waals surface area contributed by atoms with Gasteiger partial charge in [0.25, 0.3) is 0 Å². The van der Waals surface area contributed by atoms with Gasteiger partial charge in [-0.25, -0.2) is 4.79 Å². The zero-order valence-corrected chi connectivity index (χ0v) is 8.73. The third-order valence-corrected chi connectivity index (χ3v) is 2.15. The van der Waals surface area contributed by atoms with Crippen LogP contribution < -0.4 is 0 Å². The van der Waals surface area contributed by atoms with Gasteiger partial charge >= 0.3 is 5.97 Å². The van der Waals surface area contributed by atoms with E-state index < -0.39 is 5.97 Å². The number of nitrogens with zero attached hydrogens (tertiary/aromatic N) is 1. The van der Waals surface area contributed by atoms with Crippen molar-refractivity contribution in [3.05, 3.63) is 29.6 Å². The molecule has 1 heterocycles. The summed E-state index contributed by atoms with van der Waals surface area (Å²) in [6.07, 6.45) is 2.92. The molecule has 0 amide bonds. The largest absolute Gasteiger partial charge is 0.478 e. The van der Waals surface area contributed by atoms with Gasteiger partial charge in [0.1, 0.15) is 5.78 Å². The van der Waals surface area contributed by atoms with E-state index in [4.69, 9.17) is 5.11 Å². The minimum atomic E-state index is -1.05. The van der Waals surface area contributed by atoms with Gasteiger partial charge in [-0.2, -0.15) is 0 Å². The van der Waals surface area contributed by atoms with Gasteiger partial charge in [0.05, 0.1) is 5.56 Å². The number of carboxylic acid groups (broad SMARTS) is 1. The SMILES string of the molecule is CC(C)C(=O)Cc1ccncc1C(=O)O. The van der Waals surface area contributed by atoms with Crippen LogP contribution in [0.5, 0.6) is 0 Å². The molecular weight excluding hydrogens is 194 g/mol. The van der Waals surface area contributed by atoms with E-state index in [9.17, 15) is 9.59 Å². The summed E-state index contributed by atoms with van der Waals surface area (Å²) in [5, 5.41) is 8.87. The van der Waals surface area contributed by atoms with E-state index in [1.54, 1.807) is 19.9 Å². The van der Waals surface area contributed by atoms with Gasteiger partial charge in [-0.3, -0.25) is 9.78 Å². The average Bonchev–Trinajstić information content (AvgIpc) is 2.18. The first kappa shape index (κ1) is 11.4. The van der Waals surface area contributed by atoms with Crippen LogP contribution in [0.15, 0.2) is 18.5 Å². The summed E-state index contributed by atoms with van der Waals surface area (Å²) in [7, 11) is 0. The molecule has 4 heteroatoms. The maximum absolute atomic E-state index is 11.5. The molecule has 4 nitrogen and oxygen atoms in total. The highest BCUT2D eigenvalue weighted by Crippen LogP contribution is 2.10. The number of aromatic nitrogens is 1. The van der Waals surface area contributed by atoms with Crippen LogP contribution in [0.1, 0.15) is 29.8 Å². The highest BCUT2D eigenvalue weighted by molar-refractivity contribution is 5.92. The molecule has 1 rings (SSSR count). The Balaban J connectivity index is 2.94. The monoisotopic (exact) mass is 207 g/mol. The summed E-state index contributed by atoms with van der Waals surface area (Å²) in [5.74, 6) is -1.10. The Morgan fingerprint density at radius 1 is 1.47 bits per heavy atom. The fraction of sp³-hybridized carbons (Fsp3) is 0.364. The average molecular weight is 207 g/mol. The number of carboxylic acids is 1. The van der Waals surface area contributed by atoms with Crippen molar-refractivity contribution < 1.29 is 14.7 Å². The Bertz CT molecular complexity index is 385. The molecule has 15 heavy (non-hydrogen) atoms. The summed E-state index contributed by atoms with van der Waals surface area (Å²) in [6, 6.07) is 1.57. The lowest BCUT2D eigenvalue weighted by Crippen LogP contribution is -2.13. The van der Waals surface area contributed by atoms with Crippen molar-refractivity contribution in [1.82, 2.24) is 4.98 Å². The lowest BCUT2D eigenvalue weighted by molar-refractivity contribution is -0.121. The molecule has 1 N–H and O–H groups in total. The Hall–Kier alpha value is -1.71. The summed E-state index contributed by atoms with van der Waals surface area (Å²) in [5.41, 5.74) is 0.628. The van der Waals surface area contributed by atoms with Gasteiger partial charge in [-0.1, -0.05) is 13.8 Å². The smallest absolute Gasteiger partial charge is 0.337 e. The topological polar surface area (TPSA) is 67.3 Å². The number of carbonyl (C=O) groups is 2. The number of rotatable bonds is 4. The second-order valence-electron chi connectivity index (χ2n) is 3.64. The van der Waals surface area contributed by atoms with Crippen LogP contribution in [-0.4, -0.2) is 21.8 Å². The zero-order valence-electron chi connectivity index (χ0n) is 8.73. The van der Waals surface area contributed by atoms with E-state index in [0.29, 0.717) is 5.56 Å². The van der Waals surface area contributed by atoms with E-state index in [1.165, 1.54) is 12.4 Å². The first-order valence-electron chi connectivity index (χ1n) is 4.71. The number of aromatic carboxylic acids is 1. The lowest BCUT2D eigenvalue weighted by Gasteiger charge is -2.06. The van der Waals surface area contributed by atoms with Gasteiger partial charge < -0.3 is 5.11 Å². The minimum Gasteiger partial charge on any atom is -0.478 e. The number of carbonyl (C=O) groups excluding carboxylic acids is 1. The molecule has 0 aromatic carbocycles. The van der Waals surface area contributed by atoms with Gasteiger partial charge in [0.15, 0.2) is 0 Å². The molecule has 0 spiro atoms. The van der Waals surface area contributed by atoms with E-state index in [-0.39, 0.29) is 23.7 Å². The molecule has 0 atom stereocenters. The number of hydrogen-bond acceptors (Lipinski definition) is 3. The van der Waals surface area contributed by atoms with Crippen molar-refractivity contribution >= 4 is 11.8 Å². The molecule has 0 saturated carbocycles. The fourth-order valence-electron chi connectivity index (χ4n) is 1.16. The van der Waals surface area contributed by atoms with Gasteiger partial charge in [-0.05, 0) is 11.6 Å². The Morgan fingerprint density at radius 2 is 2.13 bits per heavy atom. The molecular formula is C11H13NO3. The molecule has 0 fully saturated rings. The Labute approximate surface area is 88.0 Å². The van der Waals surface area contributed by atoms with Crippen LogP contribution >= 0.6 is 0 Å². The normalized spacial score (nSPS) is 10.3. The van der Waals surface area contributed by atoms with E-state index >= 15 is 0 Å². The molecule has 0 radical (unpaired) electrons. The third-order valence-electron chi connectivity index (χ3n) is 2.15. The van der Waals surface area contributed by atoms with E-state index in [1.807, 2.05) is 0 Å². The number of hydrogen-bond donors (Lipinski definition) is 1. The molecule has 0 bridgehead atoms. The molecule has 1 aromatic heterocycles. The maximum atomic E-state index is 11.5. The Kier molecular flexibility index (Phi) is 3.55. The van der Waals surface area contributed by atoms with Crippen molar-refractivity contribution in [3.63, 3.8) is 0 Å². The van der Waals surface area contributed by atoms with Crippen LogP contribution in [0.3, 0.4) is 0 Å². The molecule has 0 saturated heterocycles. The minimum absolute atomic E-state index is 0.0312. The highest BCUT2D eigenvalue weighted by Gasteiger charge is 2.14. The Morgan fingerprint density at radius 3 is 2.67 bits per heavy atom. The molecule has 0 aliphatic rings. The summed E-state index contributed by atoms with van der Waals surface area (Å²) in [6.45, 7) is 3.59. The maximum Gasteiger partial charge on any atom is 0.337 e. The molecule has 1 aromatic rings. The van der Waals surface area contributed by atoms with Crippen molar-refractivity contribution in [2.75, 3.05) is 0 Å². The van der Waals surface area contributed by atoms with Crippen LogP contribution in [0, 0.1) is 5.92 Å².